The minimum Gasteiger partial charge on any atom is -0.465 e. The van der Waals surface area contributed by atoms with Gasteiger partial charge >= 0.3 is 6.09 Å². The Labute approximate surface area is 102 Å². The number of carbonyl (C=O) groups is 1. The highest BCUT2D eigenvalue weighted by atomic mass is 16.4. The molecule has 1 aliphatic rings. The van der Waals surface area contributed by atoms with Crippen molar-refractivity contribution in [1.29, 1.82) is 0 Å². The van der Waals surface area contributed by atoms with Crippen LogP contribution in [0, 0.1) is 0 Å². The molecular formula is C11H12N4O3. The van der Waals surface area contributed by atoms with Gasteiger partial charge in [-0.3, -0.25) is 9.89 Å². The predicted molar refractivity (Wildman–Crippen MR) is 62.8 cm³/mol. The van der Waals surface area contributed by atoms with Gasteiger partial charge in [0, 0.05) is 37.3 Å². The molecule has 2 aromatic rings. The van der Waals surface area contributed by atoms with E-state index < -0.39 is 6.09 Å². The Morgan fingerprint density at radius 1 is 1.39 bits per heavy atom. The van der Waals surface area contributed by atoms with Crippen LogP contribution in [0.3, 0.4) is 0 Å². The van der Waals surface area contributed by atoms with E-state index in [2.05, 4.69) is 10.1 Å². The van der Waals surface area contributed by atoms with Crippen molar-refractivity contribution in [2.75, 3.05) is 13.1 Å². The van der Waals surface area contributed by atoms with Crippen LogP contribution in [-0.2, 0) is 12.8 Å². The van der Waals surface area contributed by atoms with E-state index in [1.807, 2.05) is 0 Å². The highest BCUT2D eigenvalue weighted by Gasteiger charge is 2.21. The van der Waals surface area contributed by atoms with Crippen LogP contribution in [0.1, 0.15) is 11.3 Å². The molecule has 0 saturated carbocycles. The molecule has 18 heavy (non-hydrogen) atoms. The van der Waals surface area contributed by atoms with Gasteiger partial charge in [0.15, 0.2) is 5.65 Å². The largest absolute Gasteiger partial charge is 0.465 e. The van der Waals surface area contributed by atoms with Gasteiger partial charge in [0.05, 0.1) is 5.69 Å². The van der Waals surface area contributed by atoms with Gasteiger partial charge in [0.25, 0.3) is 5.56 Å². The Morgan fingerprint density at radius 2 is 2.17 bits per heavy atom. The minimum atomic E-state index is -0.950. The number of nitrogens with zero attached hydrogens (tertiary/aromatic N) is 3. The van der Waals surface area contributed by atoms with Gasteiger partial charge in [0.1, 0.15) is 0 Å². The molecule has 0 fully saturated rings. The molecule has 0 unspecified atom stereocenters. The van der Waals surface area contributed by atoms with Crippen molar-refractivity contribution in [3.63, 3.8) is 0 Å². The number of aromatic amines is 1. The summed E-state index contributed by atoms with van der Waals surface area (Å²) in [6, 6.07) is 1.72. The summed E-state index contributed by atoms with van der Waals surface area (Å²) in [5, 5.41) is 11.8. The Morgan fingerprint density at radius 3 is 2.94 bits per heavy atom. The molecule has 7 heteroatoms. The highest BCUT2D eigenvalue weighted by molar-refractivity contribution is 5.65. The molecular weight excluding hydrogens is 236 g/mol. The molecule has 0 spiro atoms. The molecule has 94 valence electrons. The fourth-order valence-corrected chi connectivity index (χ4v) is 2.29. The summed E-state index contributed by atoms with van der Waals surface area (Å²) in [5.74, 6) is 0. The van der Waals surface area contributed by atoms with Crippen LogP contribution in [0.15, 0.2) is 17.1 Å². The van der Waals surface area contributed by atoms with E-state index in [0.717, 1.165) is 0 Å². The standard InChI is InChI=1S/C11H12N4O3/c16-10-7-2-5-14(11(17)18)6-3-8(7)13-9-1-4-12-15(9)10/h1,4,12H,2-3,5-6H2,(H,17,18). The molecule has 3 rings (SSSR count). The third-order valence-corrected chi connectivity index (χ3v) is 3.25. The van der Waals surface area contributed by atoms with Crippen LogP contribution >= 0.6 is 0 Å². The zero-order chi connectivity index (χ0) is 12.7. The molecule has 1 amide bonds. The van der Waals surface area contributed by atoms with Crippen LogP contribution in [0.4, 0.5) is 4.79 Å². The smallest absolute Gasteiger partial charge is 0.407 e. The van der Waals surface area contributed by atoms with Crippen molar-refractivity contribution >= 4 is 11.7 Å². The number of rotatable bonds is 0. The molecule has 0 bridgehead atoms. The first kappa shape index (κ1) is 10.8. The summed E-state index contributed by atoms with van der Waals surface area (Å²) in [7, 11) is 0. The van der Waals surface area contributed by atoms with Gasteiger partial charge < -0.3 is 10.0 Å². The van der Waals surface area contributed by atoms with Gasteiger partial charge in [-0.1, -0.05) is 0 Å². The number of fused-ring (bicyclic) bond motifs is 2. The van der Waals surface area contributed by atoms with Crippen LogP contribution in [-0.4, -0.2) is 43.8 Å². The summed E-state index contributed by atoms with van der Waals surface area (Å²) < 4.78 is 1.38. The van der Waals surface area contributed by atoms with Crippen molar-refractivity contribution in [3.8, 4) is 0 Å². The lowest BCUT2D eigenvalue weighted by Gasteiger charge is -2.14. The van der Waals surface area contributed by atoms with Crippen LogP contribution in [0.5, 0.6) is 0 Å². The van der Waals surface area contributed by atoms with Crippen molar-refractivity contribution in [3.05, 3.63) is 33.9 Å². The molecule has 0 aliphatic carbocycles. The van der Waals surface area contributed by atoms with Crippen molar-refractivity contribution in [1.82, 2.24) is 19.5 Å². The lowest BCUT2D eigenvalue weighted by Crippen LogP contribution is -2.32. The highest BCUT2D eigenvalue weighted by Crippen LogP contribution is 2.11. The number of hydrogen-bond acceptors (Lipinski definition) is 3. The normalized spacial score (nSPS) is 15.4. The molecule has 0 radical (unpaired) electrons. The minimum absolute atomic E-state index is 0.132. The van der Waals surface area contributed by atoms with E-state index in [4.69, 9.17) is 5.11 Å². The zero-order valence-corrected chi connectivity index (χ0v) is 9.59. The third kappa shape index (κ3) is 1.55. The molecule has 1 aliphatic heterocycles. The van der Waals surface area contributed by atoms with E-state index in [-0.39, 0.29) is 5.56 Å². The molecule has 7 nitrogen and oxygen atoms in total. The fraction of sp³-hybridized carbons (Fsp3) is 0.364. The quantitative estimate of drug-likeness (QED) is 0.691. The molecule has 2 N–H and O–H groups in total. The second-order valence-corrected chi connectivity index (χ2v) is 4.27. The molecule has 0 saturated heterocycles. The van der Waals surface area contributed by atoms with E-state index >= 15 is 0 Å². The van der Waals surface area contributed by atoms with E-state index in [1.54, 1.807) is 12.3 Å². The van der Waals surface area contributed by atoms with E-state index in [0.29, 0.717) is 42.8 Å². The van der Waals surface area contributed by atoms with Gasteiger partial charge in [-0.25, -0.2) is 14.3 Å². The lowest BCUT2D eigenvalue weighted by atomic mass is 10.1. The summed E-state index contributed by atoms with van der Waals surface area (Å²) in [4.78, 5) is 28.9. The van der Waals surface area contributed by atoms with Crippen LogP contribution in [0.25, 0.3) is 5.65 Å². The number of hydrogen-bond donors (Lipinski definition) is 2. The van der Waals surface area contributed by atoms with Crippen molar-refractivity contribution < 1.29 is 9.90 Å². The van der Waals surface area contributed by atoms with E-state index in [1.165, 1.54) is 9.42 Å². The Bertz CT molecular complexity index is 672. The average Bonchev–Trinajstić information content (AvgIpc) is 2.68. The number of H-pyrrole nitrogens is 1. The second kappa shape index (κ2) is 3.86. The lowest BCUT2D eigenvalue weighted by molar-refractivity contribution is 0.147. The number of nitrogens with one attached hydrogen (secondary N) is 1. The SMILES string of the molecule is O=C(O)N1CCc2nc3cc[nH]n3c(=O)c2CC1. The first-order valence-electron chi connectivity index (χ1n) is 5.72. The average molecular weight is 248 g/mol. The summed E-state index contributed by atoms with van der Waals surface area (Å²) in [6.45, 7) is 0.724. The van der Waals surface area contributed by atoms with Gasteiger partial charge in [-0.15, -0.1) is 0 Å². The number of aromatic nitrogens is 3. The molecule has 2 aromatic heterocycles. The number of amides is 1. The van der Waals surface area contributed by atoms with E-state index in [9.17, 15) is 9.59 Å². The second-order valence-electron chi connectivity index (χ2n) is 4.27. The maximum atomic E-state index is 12.2. The summed E-state index contributed by atoms with van der Waals surface area (Å²) >= 11 is 0. The predicted octanol–water partition coefficient (Wildman–Crippen LogP) is 0.101. The van der Waals surface area contributed by atoms with Crippen LogP contribution < -0.4 is 5.56 Å². The molecule has 3 heterocycles. The number of carboxylic acid groups (broad SMARTS) is 1. The zero-order valence-electron chi connectivity index (χ0n) is 9.59. The first-order chi connectivity index (χ1) is 8.66. The fourth-order valence-electron chi connectivity index (χ4n) is 2.29. The van der Waals surface area contributed by atoms with Gasteiger partial charge in [-0.2, -0.15) is 0 Å². The van der Waals surface area contributed by atoms with Crippen molar-refractivity contribution in [2.24, 2.45) is 0 Å². The summed E-state index contributed by atoms with van der Waals surface area (Å²) in [5.41, 5.74) is 1.76. The van der Waals surface area contributed by atoms with Crippen LogP contribution in [0.2, 0.25) is 0 Å². The Hall–Kier alpha value is -2.31. The molecule has 0 atom stereocenters. The Kier molecular flexibility index (Phi) is 2.32. The maximum Gasteiger partial charge on any atom is 0.407 e. The third-order valence-electron chi connectivity index (χ3n) is 3.25. The monoisotopic (exact) mass is 248 g/mol. The topological polar surface area (TPSA) is 90.7 Å². The van der Waals surface area contributed by atoms with Gasteiger partial charge in [0.2, 0.25) is 0 Å². The van der Waals surface area contributed by atoms with Crippen molar-refractivity contribution in [2.45, 2.75) is 12.8 Å². The Balaban J connectivity index is 2.09. The maximum absolute atomic E-state index is 12.2. The molecule has 0 aromatic carbocycles. The first-order valence-corrected chi connectivity index (χ1v) is 5.72. The van der Waals surface area contributed by atoms with Gasteiger partial charge in [-0.05, 0) is 6.42 Å². The summed E-state index contributed by atoms with van der Waals surface area (Å²) in [6.07, 6.45) is 1.61.